The molecule has 0 fully saturated rings. The topological polar surface area (TPSA) is 49.7 Å². The van der Waals surface area contributed by atoms with Crippen LogP contribution in [0.5, 0.6) is 5.75 Å². The van der Waals surface area contributed by atoms with Gasteiger partial charge in [0.15, 0.2) is 0 Å². The summed E-state index contributed by atoms with van der Waals surface area (Å²) in [5.41, 5.74) is 6.41. The van der Waals surface area contributed by atoms with Crippen molar-refractivity contribution in [3.8, 4) is 16.9 Å². The maximum Gasteiger partial charge on any atom is 0.126 e. The molecule has 1 radical (unpaired) electrons. The predicted octanol–water partition coefficient (Wildman–Crippen LogP) is 6.49. The van der Waals surface area contributed by atoms with Crippen LogP contribution in [-0.2, 0) is 25.2 Å². The number of hydrogen-bond donors (Lipinski definition) is 2. The van der Waals surface area contributed by atoms with Gasteiger partial charge >= 0.3 is 0 Å². The highest BCUT2D eigenvalue weighted by Crippen LogP contribution is 2.40. The highest BCUT2D eigenvalue weighted by atomic mass is 16.5. The van der Waals surface area contributed by atoms with Gasteiger partial charge in [0.2, 0.25) is 0 Å². The van der Waals surface area contributed by atoms with Gasteiger partial charge in [-0.1, -0.05) is 63.6 Å². The molecule has 0 unspecified atom stereocenters. The van der Waals surface area contributed by atoms with Crippen LogP contribution < -0.4 is 4.74 Å². The molecule has 3 aromatic carbocycles. The smallest absolute Gasteiger partial charge is 0.126 e. The molecule has 0 aliphatic heterocycles. The lowest BCUT2D eigenvalue weighted by atomic mass is 9.84. The molecule has 0 spiro atoms. The lowest BCUT2D eigenvalue weighted by Crippen LogP contribution is -2.24. The SMILES string of the molecule is CCCc1ccccc1-c1cc(OCc2cc[c]c(CO)c2)c(C(O)(CC)CC)cc1C. The molecule has 3 nitrogen and oxygen atoms in total. The van der Waals surface area contributed by atoms with Crippen LogP contribution in [0.2, 0.25) is 0 Å². The quantitative estimate of drug-likeness (QED) is 0.385. The molecule has 0 aliphatic rings. The van der Waals surface area contributed by atoms with Crippen LogP contribution in [0.3, 0.4) is 0 Å². The minimum Gasteiger partial charge on any atom is -0.488 e. The highest BCUT2D eigenvalue weighted by Gasteiger charge is 2.30. The van der Waals surface area contributed by atoms with Gasteiger partial charge in [0.25, 0.3) is 0 Å². The van der Waals surface area contributed by atoms with E-state index in [0.717, 1.165) is 40.7 Å². The van der Waals surface area contributed by atoms with Gasteiger partial charge in [0.1, 0.15) is 12.4 Å². The molecule has 0 saturated heterocycles. The summed E-state index contributed by atoms with van der Waals surface area (Å²) in [5.74, 6) is 0.710. The van der Waals surface area contributed by atoms with Crippen LogP contribution in [0.4, 0.5) is 0 Å². The maximum absolute atomic E-state index is 11.4. The Kier molecular flexibility index (Phi) is 8.11. The van der Waals surface area contributed by atoms with E-state index < -0.39 is 5.60 Å². The zero-order valence-electron chi connectivity index (χ0n) is 19.7. The minimum absolute atomic E-state index is 0.0482. The molecular formula is C29H35O3. The average molecular weight is 432 g/mol. The van der Waals surface area contributed by atoms with Gasteiger partial charge < -0.3 is 14.9 Å². The lowest BCUT2D eigenvalue weighted by molar-refractivity contribution is 0.0252. The van der Waals surface area contributed by atoms with Gasteiger partial charge in [-0.3, -0.25) is 0 Å². The third-order valence-corrected chi connectivity index (χ3v) is 6.32. The molecule has 3 heteroatoms. The fourth-order valence-corrected chi connectivity index (χ4v) is 4.27. The molecular weight excluding hydrogens is 396 g/mol. The number of hydrogen-bond acceptors (Lipinski definition) is 3. The Bertz CT molecular complexity index is 1030. The Morgan fingerprint density at radius 3 is 2.41 bits per heavy atom. The van der Waals surface area contributed by atoms with Crippen LogP contribution in [0.1, 0.15) is 67.9 Å². The van der Waals surface area contributed by atoms with Crippen molar-refractivity contribution in [3.05, 3.63) is 88.5 Å². The summed E-state index contributed by atoms with van der Waals surface area (Å²) in [6.45, 7) is 8.63. The van der Waals surface area contributed by atoms with E-state index in [1.165, 1.54) is 11.1 Å². The molecule has 0 bridgehead atoms. The van der Waals surface area contributed by atoms with Gasteiger partial charge in [-0.15, -0.1) is 0 Å². The van der Waals surface area contributed by atoms with Gasteiger partial charge in [0, 0.05) is 5.56 Å². The van der Waals surface area contributed by atoms with Crippen LogP contribution in [0.15, 0.2) is 54.6 Å². The Hall–Kier alpha value is -2.62. The van der Waals surface area contributed by atoms with E-state index in [4.69, 9.17) is 4.74 Å². The van der Waals surface area contributed by atoms with Gasteiger partial charge in [-0.25, -0.2) is 0 Å². The van der Waals surface area contributed by atoms with Crippen molar-refractivity contribution in [2.24, 2.45) is 0 Å². The van der Waals surface area contributed by atoms with E-state index in [2.05, 4.69) is 56.3 Å². The van der Waals surface area contributed by atoms with Crippen molar-refractivity contribution in [2.75, 3.05) is 0 Å². The van der Waals surface area contributed by atoms with E-state index in [1.807, 2.05) is 26.0 Å². The second kappa shape index (κ2) is 10.8. The lowest BCUT2D eigenvalue weighted by Gasteiger charge is -2.29. The first-order valence-electron chi connectivity index (χ1n) is 11.6. The van der Waals surface area contributed by atoms with Crippen molar-refractivity contribution in [2.45, 2.75) is 72.2 Å². The summed E-state index contributed by atoms with van der Waals surface area (Å²) in [5, 5.41) is 20.8. The normalized spacial score (nSPS) is 11.6. The Labute approximate surface area is 192 Å². The minimum atomic E-state index is -0.942. The maximum atomic E-state index is 11.4. The summed E-state index contributed by atoms with van der Waals surface area (Å²) in [4.78, 5) is 0. The molecule has 0 heterocycles. The monoisotopic (exact) mass is 431 g/mol. The summed E-state index contributed by atoms with van der Waals surface area (Å²) in [7, 11) is 0. The van der Waals surface area contributed by atoms with Gasteiger partial charge in [-0.05, 0) is 83.8 Å². The molecule has 0 saturated carbocycles. The van der Waals surface area contributed by atoms with Crippen molar-refractivity contribution in [3.63, 3.8) is 0 Å². The molecule has 169 valence electrons. The number of aliphatic hydroxyl groups is 2. The van der Waals surface area contributed by atoms with E-state index in [0.29, 0.717) is 25.2 Å². The van der Waals surface area contributed by atoms with Crippen molar-refractivity contribution < 1.29 is 14.9 Å². The van der Waals surface area contributed by atoms with Crippen molar-refractivity contribution in [1.29, 1.82) is 0 Å². The molecule has 3 aromatic rings. The molecule has 3 rings (SSSR count). The van der Waals surface area contributed by atoms with Crippen LogP contribution >= 0.6 is 0 Å². The van der Waals surface area contributed by atoms with Gasteiger partial charge in [-0.2, -0.15) is 0 Å². The summed E-state index contributed by atoms with van der Waals surface area (Å²) in [6.07, 6.45) is 3.33. The van der Waals surface area contributed by atoms with Crippen LogP contribution in [-0.4, -0.2) is 10.2 Å². The first-order chi connectivity index (χ1) is 15.5. The Morgan fingerprint density at radius 2 is 1.72 bits per heavy atom. The van der Waals surface area contributed by atoms with E-state index >= 15 is 0 Å². The van der Waals surface area contributed by atoms with E-state index in [1.54, 1.807) is 6.07 Å². The fourth-order valence-electron chi connectivity index (χ4n) is 4.27. The molecule has 0 atom stereocenters. The summed E-state index contributed by atoms with van der Waals surface area (Å²) < 4.78 is 6.33. The predicted molar refractivity (Wildman–Crippen MR) is 131 cm³/mol. The number of aryl methyl sites for hydroxylation is 2. The Balaban J connectivity index is 2.08. The molecule has 32 heavy (non-hydrogen) atoms. The molecule has 0 amide bonds. The number of aliphatic hydroxyl groups excluding tert-OH is 1. The Morgan fingerprint density at radius 1 is 0.969 bits per heavy atom. The average Bonchev–Trinajstić information content (AvgIpc) is 2.83. The zero-order chi connectivity index (χ0) is 23.1. The second-order valence-electron chi connectivity index (χ2n) is 8.48. The first kappa shape index (κ1) is 24.0. The van der Waals surface area contributed by atoms with Crippen molar-refractivity contribution in [1.82, 2.24) is 0 Å². The molecule has 0 aromatic heterocycles. The fraction of sp³-hybridized carbons (Fsp3) is 0.379. The second-order valence-corrected chi connectivity index (χ2v) is 8.48. The van der Waals surface area contributed by atoms with Crippen LogP contribution in [0.25, 0.3) is 11.1 Å². The zero-order valence-corrected chi connectivity index (χ0v) is 19.7. The third-order valence-electron chi connectivity index (χ3n) is 6.32. The third kappa shape index (κ3) is 5.23. The number of ether oxygens (including phenoxy) is 1. The summed E-state index contributed by atoms with van der Waals surface area (Å²) in [6, 6.07) is 21.4. The van der Waals surface area contributed by atoms with E-state index in [9.17, 15) is 10.2 Å². The highest BCUT2D eigenvalue weighted by molar-refractivity contribution is 5.73. The largest absolute Gasteiger partial charge is 0.488 e. The van der Waals surface area contributed by atoms with E-state index in [-0.39, 0.29) is 6.61 Å². The van der Waals surface area contributed by atoms with Crippen LogP contribution in [0, 0.1) is 13.0 Å². The molecule has 2 N–H and O–H groups in total. The standard InChI is InChI=1S/C29H35O3/c1-5-11-24-14-8-9-15-25(24)26-18-28(27(16-21(26)4)29(31,6-2)7-3)32-20-23-13-10-12-22(17-23)19-30/h8-10,13-18,30-31H,5-7,11,19-20H2,1-4H3. The summed E-state index contributed by atoms with van der Waals surface area (Å²) >= 11 is 0. The number of rotatable bonds is 10. The van der Waals surface area contributed by atoms with Crippen molar-refractivity contribution >= 4 is 0 Å². The first-order valence-corrected chi connectivity index (χ1v) is 11.6. The molecule has 0 aliphatic carbocycles. The number of benzene rings is 3. The van der Waals surface area contributed by atoms with Gasteiger partial charge in [0.05, 0.1) is 12.2 Å².